The molecule has 1 rings (SSSR count). The topological polar surface area (TPSA) is 165 Å². The van der Waals surface area contributed by atoms with E-state index in [1.165, 1.54) is 0 Å². The maximum absolute atomic E-state index is 11.4. The molecule has 124 valence electrons. The van der Waals surface area contributed by atoms with Crippen molar-refractivity contribution in [3.05, 3.63) is 11.0 Å². The highest BCUT2D eigenvalue weighted by Gasteiger charge is 2.57. The van der Waals surface area contributed by atoms with E-state index in [2.05, 4.69) is 0 Å². The first-order valence-corrected chi connectivity index (χ1v) is 7.64. The Hall–Kier alpha value is -0.590. The molecule has 9 nitrogen and oxygen atoms in total. The van der Waals surface area contributed by atoms with E-state index in [9.17, 15) is 33.4 Å². The van der Waals surface area contributed by atoms with Crippen molar-refractivity contribution in [2.75, 3.05) is 6.61 Å². The third kappa shape index (κ3) is 3.60. The van der Waals surface area contributed by atoms with Crippen LogP contribution in [-0.4, -0.2) is 75.3 Å². The molecule has 1 aliphatic rings. The van der Waals surface area contributed by atoms with Gasteiger partial charge in [0.1, 0.15) is 29.3 Å². The quantitative estimate of drug-likeness (QED) is 0.308. The zero-order valence-electron chi connectivity index (χ0n) is 11.5. The Morgan fingerprint density at radius 2 is 1.81 bits per heavy atom. The Morgan fingerprint density at radius 1 is 1.29 bits per heavy atom. The normalized spacial score (nSPS) is 38.8. The molecular formula is C11H20O9S. The molecule has 0 aliphatic carbocycles. The Balaban J connectivity index is 3.40. The molecule has 21 heavy (non-hydrogen) atoms. The van der Waals surface area contributed by atoms with Gasteiger partial charge in [-0.2, -0.15) is 8.42 Å². The van der Waals surface area contributed by atoms with Crippen LogP contribution in [0.4, 0.5) is 0 Å². The summed E-state index contributed by atoms with van der Waals surface area (Å²) in [7, 11) is -4.97. The Morgan fingerprint density at radius 3 is 2.19 bits per heavy atom. The highest BCUT2D eigenvalue weighted by atomic mass is 32.2. The first kappa shape index (κ1) is 18.5. The van der Waals surface area contributed by atoms with Gasteiger partial charge in [-0.1, -0.05) is 19.9 Å². The van der Waals surface area contributed by atoms with E-state index in [1.54, 1.807) is 13.8 Å². The van der Waals surface area contributed by atoms with Gasteiger partial charge in [0.2, 0.25) is 5.79 Å². The lowest BCUT2D eigenvalue weighted by molar-refractivity contribution is -0.329. The molecule has 0 amide bonds. The van der Waals surface area contributed by atoms with Crippen LogP contribution in [0.25, 0.3) is 0 Å². The fourth-order valence-corrected chi connectivity index (χ4v) is 3.03. The smallest absolute Gasteiger partial charge is 0.295 e. The molecule has 0 aromatic heterocycles. The van der Waals surface area contributed by atoms with Gasteiger partial charge < -0.3 is 30.3 Å². The molecule has 0 bridgehead atoms. The minimum Gasteiger partial charge on any atom is -0.394 e. The van der Waals surface area contributed by atoms with E-state index in [4.69, 9.17) is 9.84 Å². The Labute approximate surface area is 121 Å². The second kappa shape index (κ2) is 6.26. The van der Waals surface area contributed by atoms with Crippen LogP contribution in [0.3, 0.4) is 0 Å². The van der Waals surface area contributed by atoms with Crippen LogP contribution in [0, 0.1) is 5.92 Å². The minimum absolute atomic E-state index is 0.460. The first-order valence-electron chi connectivity index (χ1n) is 6.20. The van der Waals surface area contributed by atoms with E-state index in [1.807, 2.05) is 0 Å². The van der Waals surface area contributed by atoms with Crippen molar-refractivity contribution in [3.63, 3.8) is 0 Å². The van der Waals surface area contributed by atoms with Crippen LogP contribution in [-0.2, 0) is 14.9 Å². The summed E-state index contributed by atoms with van der Waals surface area (Å²) in [5.41, 5.74) is 0. The summed E-state index contributed by atoms with van der Waals surface area (Å²) in [5, 5.41) is 48.4. The second-order valence-electron chi connectivity index (χ2n) is 5.21. The maximum atomic E-state index is 11.4. The summed E-state index contributed by atoms with van der Waals surface area (Å²) < 4.78 is 36.9. The second-order valence-corrected chi connectivity index (χ2v) is 6.60. The van der Waals surface area contributed by atoms with Crippen LogP contribution in [0.2, 0.25) is 0 Å². The van der Waals surface area contributed by atoms with Gasteiger partial charge in [0.15, 0.2) is 0 Å². The van der Waals surface area contributed by atoms with Crippen molar-refractivity contribution >= 4 is 10.1 Å². The average Bonchev–Trinajstić information content (AvgIpc) is 2.36. The lowest BCUT2D eigenvalue weighted by Gasteiger charge is -2.45. The minimum atomic E-state index is -4.97. The largest absolute Gasteiger partial charge is 0.394 e. The fourth-order valence-electron chi connectivity index (χ4n) is 2.05. The lowest BCUT2D eigenvalue weighted by Crippen LogP contribution is -2.66. The van der Waals surface area contributed by atoms with Gasteiger partial charge in [0, 0.05) is 0 Å². The molecule has 1 fully saturated rings. The Kier molecular flexibility index (Phi) is 5.51. The molecule has 10 heteroatoms. The maximum Gasteiger partial charge on any atom is 0.295 e. The van der Waals surface area contributed by atoms with E-state index in [0.717, 1.165) is 6.08 Å². The number of aliphatic hydroxyl groups excluding tert-OH is 4. The molecule has 6 N–H and O–H groups in total. The number of rotatable bonds is 4. The molecular weight excluding hydrogens is 308 g/mol. The molecule has 0 aromatic rings. The van der Waals surface area contributed by atoms with Gasteiger partial charge in [-0.25, -0.2) is 0 Å². The number of allylic oxidation sites excluding steroid dienone is 1. The third-order valence-electron chi connectivity index (χ3n) is 3.08. The summed E-state index contributed by atoms with van der Waals surface area (Å²) in [6, 6.07) is 0. The van der Waals surface area contributed by atoms with Gasteiger partial charge in [0.05, 0.1) is 6.61 Å². The zero-order chi connectivity index (χ0) is 16.6. The summed E-state index contributed by atoms with van der Waals surface area (Å²) >= 11 is 0. The third-order valence-corrected chi connectivity index (χ3v) is 4.07. The van der Waals surface area contributed by atoms with Gasteiger partial charge in [-0.3, -0.25) is 4.55 Å². The number of hydrogen-bond acceptors (Lipinski definition) is 8. The van der Waals surface area contributed by atoms with Crippen LogP contribution < -0.4 is 0 Å². The van der Waals surface area contributed by atoms with Crippen molar-refractivity contribution in [1.82, 2.24) is 0 Å². The van der Waals surface area contributed by atoms with Crippen LogP contribution in [0.15, 0.2) is 11.0 Å². The molecule has 1 unspecified atom stereocenters. The van der Waals surface area contributed by atoms with E-state index >= 15 is 0 Å². The van der Waals surface area contributed by atoms with Crippen LogP contribution in [0.5, 0.6) is 0 Å². The standard InChI is InChI=1S/C11H20O9S/c1-5(2)3-7(21(17,18)19)11(16)10(15)9(14)8(13)6(4-12)20-11/h3,5-6,8-10,12-16H,4H2,1-2H3,(H,17,18,19)/t6-,8+,9+,10-,11?/m1/s1. The Bertz CT molecular complexity index is 498. The van der Waals surface area contributed by atoms with Gasteiger partial charge in [0.25, 0.3) is 10.1 Å². The SMILES string of the molecule is CC(C)C=C(C1(O)O[C@H](CO)[C@H](O)[C@H](O)[C@H]1O)S(=O)(=O)O. The number of ether oxygens (including phenoxy) is 1. The molecule has 1 aliphatic heterocycles. The van der Waals surface area contributed by atoms with Crippen molar-refractivity contribution < 1.29 is 43.2 Å². The molecule has 0 radical (unpaired) electrons. The summed E-state index contributed by atoms with van der Waals surface area (Å²) in [6.07, 6.45) is -6.60. The molecule has 1 saturated heterocycles. The summed E-state index contributed by atoms with van der Waals surface area (Å²) in [5.74, 6) is -3.46. The van der Waals surface area contributed by atoms with E-state index in [-0.39, 0.29) is 0 Å². The molecule has 5 atom stereocenters. The van der Waals surface area contributed by atoms with Crippen LogP contribution in [0.1, 0.15) is 13.8 Å². The van der Waals surface area contributed by atoms with Crippen molar-refractivity contribution in [2.24, 2.45) is 5.92 Å². The van der Waals surface area contributed by atoms with E-state index < -0.39 is 57.8 Å². The predicted octanol–water partition coefficient (Wildman–Crippen LogP) is -2.42. The predicted molar refractivity (Wildman–Crippen MR) is 69.4 cm³/mol. The monoisotopic (exact) mass is 328 g/mol. The molecule has 1 heterocycles. The van der Waals surface area contributed by atoms with Gasteiger partial charge in [-0.05, 0) is 5.92 Å². The first-order chi connectivity index (χ1) is 9.45. The van der Waals surface area contributed by atoms with Crippen molar-refractivity contribution in [2.45, 2.75) is 44.1 Å². The van der Waals surface area contributed by atoms with Crippen molar-refractivity contribution in [3.8, 4) is 0 Å². The van der Waals surface area contributed by atoms with Crippen molar-refractivity contribution in [1.29, 1.82) is 0 Å². The highest BCUT2D eigenvalue weighted by Crippen LogP contribution is 2.36. The zero-order valence-corrected chi connectivity index (χ0v) is 12.3. The average molecular weight is 328 g/mol. The number of hydrogen-bond donors (Lipinski definition) is 6. The highest BCUT2D eigenvalue weighted by molar-refractivity contribution is 7.89. The molecule has 0 saturated carbocycles. The summed E-state index contributed by atoms with van der Waals surface area (Å²) in [6.45, 7) is 2.23. The lowest BCUT2D eigenvalue weighted by atomic mass is 9.91. The van der Waals surface area contributed by atoms with Crippen LogP contribution >= 0.6 is 0 Å². The van der Waals surface area contributed by atoms with Gasteiger partial charge in [-0.15, -0.1) is 0 Å². The molecule has 0 aromatic carbocycles. The van der Waals surface area contributed by atoms with E-state index in [0.29, 0.717) is 0 Å². The number of aliphatic hydroxyl groups is 5. The fraction of sp³-hybridized carbons (Fsp3) is 0.818. The summed E-state index contributed by atoms with van der Waals surface area (Å²) in [4.78, 5) is -1.07. The van der Waals surface area contributed by atoms with Gasteiger partial charge >= 0.3 is 0 Å². The molecule has 0 spiro atoms.